The SMILES string of the molecule is COC(=O)c1csc(CCCC2CCNCC2)c1C. The molecule has 0 saturated carbocycles. The molecule has 0 amide bonds. The monoisotopic (exact) mass is 281 g/mol. The molecule has 0 aromatic carbocycles. The van der Waals surface area contributed by atoms with E-state index in [1.54, 1.807) is 11.3 Å². The highest BCUT2D eigenvalue weighted by Gasteiger charge is 2.16. The van der Waals surface area contributed by atoms with Gasteiger partial charge >= 0.3 is 5.97 Å². The molecular weight excluding hydrogens is 258 g/mol. The van der Waals surface area contributed by atoms with Gasteiger partial charge in [-0.05, 0) is 57.2 Å². The fourth-order valence-corrected chi connectivity index (χ4v) is 3.82. The van der Waals surface area contributed by atoms with Gasteiger partial charge in [0.1, 0.15) is 0 Å². The zero-order valence-corrected chi connectivity index (χ0v) is 12.6. The first kappa shape index (κ1) is 14.5. The third kappa shape index (κ3) is 3.80. The van der Waals surface area contributed by atoms with E-state index in [1.807, 2.05) is 12.3 Å². The van der Waals surface area contributed by atoms with Gasteiger partial charge in [0.05, 0.1) is 12.7 Å². The molecule has 1 fully saturated rings. The lowest BCUT2D eigenvalue weighted by Crippen LogP contribution is -2.27. The molecule has 2 rings (SSSR count). The van der Waals surface area contributed by atoms with Crippen molar-refractivity contribution in [1.29, 1.82) is 0 Å². The molecule has 0 spiro atoms. The zero-order chi connectivity index (χ0) is 13.7. The van der Waals surface area contributed by atoms with E-state index in [4.69, 9.17) is 4.74 Å². The first-order valence-corrected chi connectivity index (χ1v) is 7.96. The summed E-state index contributed by atoms with van der Waals surface area (Å²) in [6.07, 6.45) is 6.27. The zero-order valence-electron chi connectivity index (χ0n) is 11.8. The first-order valence-electron chi connectivity index (χ1n) is 7.08. The van der Waals surface area contributed by atoms with E-state index in [-0.39, 0.29) is 5.97 Å². The lowest BCUT2D eigenvalue weighted by molar-refractivity contribution is 0.0600. The third-order valence-electron chi connectivity index (χ3n) is 4.02. The second kappa shape index (κ2) is 7.06. The predicted molar refractivity (Wildman–Crippen MR) is 78.9 cm³/mol. The molecule has 0 radical (unpaired) electrons. The molecule has 1 saturated heterocycles. The summed E-state index contributed by atoms with van der Waals surface area (Å²) in [6, 6.07) is 0. The topological polar surface area (TPSA) is 38.3 Å². The van der Waals surface area contributed by atoms with Gasteiger partial charge in [-0.1, -0.05) is 6.42 Å². The van der Waals surface area contributed by atoms with Crippen molar-refractivity contribution in [2.24, 2.45) is 5.92 Å². The molecule has 1 aromatic heterocycles. The highest BCUT2D eigenvalue weighted by atomic mass is 32.1. The van der Waals surface area contributed by atoms with Crippen LogP contribution in [0.3, 0.4) is 0 Å². The van der Waals surface area contributed by atoms with Crippen LogP contribution in [0.15, 0.2) is 5.38 Å². The maximum Gasteiger partial charge on any atom is 0.338 e. The number of aryl methyl sites for hydroxylation is 1. The summed E-state index contributed by atoms with van der Waals surface area (Å²) in [6.45, 7) is 4.38. The van der Waals surface area contributed by atoms with Crippen molar-refractivity contribution < 1.29 is 9.53 Å². The van der Waals surface area contributed by atoms with Gasteiger partial charge in [-0.3, -0.25) is 0 Å². The number of ether oxygens (including phenoxy) is 1. The van der Waals surface area contributed by atoms with Crippen molar-refractivity contribution in [3.63, 3.8) is 0 Å². The van der Waals surface area contributed by atoms with E-state index in [0.29, 0.717) is 0 Å². The van der Waals surface area contributed by atoms with Crippen LogP contribution in [0.5, 0.6) is 0 Å². The minimum atomic E-state index is -0.210. The largest absolute Gasteiger partial charge is 0.465 e. The third-order valence-corrected chi connectivity index (χ3v) is 5.17. The van der Waals surface area contributed by atoms with E-state index in [9.17, 15) is 4.79 Å². The van der Waals surface area contributed by atoms with Crippen molar-refractivity contribution in [3.8, 4) is 0 Å². The van der Waals surface area contributed by atoms with Gasteiger partial charge in [0.2, 0.25) is 0 Å². The molecule has 1 aromatic rings. The minimum Gasteiger partial charge on any atom is -0.465 e. The van der Waals surface area contributed by atoms with Gasteiger partial charge in [-0.2, -0.15) is 0 Å². The molecule has 0 bridgehead atoms. The molecule has 106 valence electrons. The van der Waals surface area contributed by atoms with Gasteiger partial charge in [0.15, 0.2) is 0 Å². The molecule has 19 heavy (non-hydrogen) atoms. The summed E-state index contributed by atoms with van der Waals surface area (Å²) in [5.74, 6) is 0.681. The molecular formula is C15H23NO2S. The highest BCUT2D eigenvalue weighted by molar-refractivity contribution is 7.10. The summed E-state index contributed by atoms with van der Waals surface area (Å²) in [5, 5.41) is 5.34. The molecule has 4 heteroatoms. The Kier molecular flexibility index (Phi) is 5.40. The summed E-state index contributed by atoms with van der Waals surface area (Å²) in [7, 11) is 1.44. The smallest absolute Gasteiger partial charge is 0.338 e. The normalized spacial score (nSPS) is 16.5. The average molecular weight is 281 g/mol. The maximum absolute atomic E-state index is 11.5. The average Bonchev–Trinajstić information content (AvgIpc) is 2.81. The van der Waals surface area contributed by atoms with Crippen LogP contribution in [0.2, 0.25) is 0 Å². The van der Waals surface area contributed by atoms with Crippen LogP contribution < -0.4 is 5.32 Å². The number of rotatable bonds is 5. The van der Waals surface area contributed by atoms with Crippen LogP contribution >= 0.6 is 11.3 Å². The number of methoxy groups -OCH3 is 1. The number of carbonyl (C=O) groups excluding carboxylic acids is 1. The van der Waals surface area contributed by atoms with E-state index < -0.39 is 0 Å². The number of hydrogen-bond donors (Lipinski definition) is 1. The Labute approximate surface area is 119 Å². The van der Waals surface area contributed by atoms with Gasteiger partial charge in [-0.15, -0.1) is 11.3 Å². The number of carbonyl (C=O) groups is 1. The summed E-state index contributed by atoms with van der Waals surface area (Å²) < 4.78 is 4.79. The number of nitrogens with one attached hydrogen (secondary N) is 1. The van der Waals surface area contributed by atoms with Crippen LogP contribution in [0.4, 0.5) is 0 Å². The molecule has 0 aliphatic carbocycles. The van der Waals surface area contributed by atoms with E-state index in [2.05, 4.69) is 5.32 Å². The highest BCUT2D eigenvalue weighted by Crippen LogP contribution is 2.26. The molecule has 2 heterocycles. The van der Waals surface area contributed by atoms with Gasteiger partial charge < -0.3 is 10.1 Å². The van der Waals surface area contributed by atoms with Crippen LogP contribution in [0.25, 0.3) is 0 Å². The Hall–Kier alpha value is -0.870. The van der Waals surface area contributed by atoms with Gasteiger partial charge in [-0.25, -0.2) is 4.79 Å². The Morgan fingerprint density at radius 3 is 2.89 bits per heavy atom. The van der Waals surface area contributed by atoms with Gasteiger partial charge in [0, 0.05) is 10.3 Å². The van der Waals surface area contributed by atoms with Crippen LogP contribution in [-0.4, -0.2) is 26.2 Å². The van der Waals surface area contributed by atoms with E-state index in [1.165, 1.54) is 50.8 Å². The number of esters is 1. The molecule has 3 nitrogen and oxygen atoms in total. The first-order chi connectivity index (χ1) is 9.22. The molecule has 1 aliphatic rings. The van der Waals surface area contributed by atoms with Crippen molar-refractivity contribution in [2.45, 2.75) is 39.0 Å². The van der Waals surface area contributed by atoms with Crippen LogP contribution in [0.1, 0.15) is 46.5 Å². The fraction of sp³-hybridized carbons (Fsp3) is 0.667. The minimum absolute atomic E-state index is 0.210. The Balaban J connectivity index is 1.82. The van der Waals surface area contributed by atoms with Crippen LogP contribution in [0, 0.1) is 12.8 Å². The summed E-state index contributed by atoms with van der Waals surface area (Å²) in [5.41, 5.74) is 1.85. The Morgan fingerprint density at radius 1 is 1.47 bits per heavy atom. The summed E-state index contributed by atoms with van der Waals surface area (Å²) in [4.78, 5) is 12.9. The van der Waals surface area contributed by atoms with Crippen molar-refractivity contribution in [2.75, 3.05) is 20.2 Å². The molecule has 0 unspecified atom stereocenters. The molecule has 1 N–H and O–H groups in total. The van der Waals surface area contributed by atoms with E-state index in [0.717, 1.165) is 23.5 Å². The lowest BCUT2D eigenvalue weighted by atomic mass is 9.92. The number of hydrogen-bond acceptors (Lipinski definition) is 4. The van der Waals surface area contributed by atoms with Crippen molar-refractivity contribution in [1.82, 2.24) is 5.32 Å². The number of piperidine rings is 1. The number of thiophene rings is 1. The quantitative estimate of drug-likeness (QED) is 0.843. The second-order valence-electron chi connectivity index (χ2n) is 5.27. The summed E-state index contributed by atoms with van der Waals surface area (Å²) >= 11 is 1.69. The maximum atomic E-state index is 11.5. The second-order valence-corrected chi connectivity index (χ2v) is 6.24. The predicted octanol–water partition coefficient (Wildman–Crippen LogP) is 3.17. The van der Waals surface area contributed by atoms with E-state index >= 15 is 0 Å². The van der Waals surface area contributed by atoms with Crippen LogP contribution in [-0.2, 0) is 11.2 Å². The standard InChI is InChI=1S/C15H23NO2S/c1-11-13(15(17)18-2)10-19-14(11)5-3-4-12-6-8-16-9-7-12/h10,12,16H,3-9H2,1-2H3. The van der Waals surface area contributed by atoms with Crippen molar-refractivity contribution in [3.05, 3.63) is 21.4 Å². The fourth-order valence-electron chi connectivity index (χ4n) is 2.74. The molecule has 1 aliphatic heterocycles. The lowest BCUT2D eigenvalue weighted by Gasteiger charge is -2.22. The van der Waals surface area contributed by atoms with Crippen molar-refractivity contribution >= 4 is 17.3 Å². The van der Waals surface area contributed by atoms with Gasteiger partial charge in [0.25, 0.3) is 0 Å². The molecule has 0 atom stereocenters. The Bertz CT molecular complexity index is 422. The Morgan fingerprint density at radius 2 is 2.21 bits per heavy atom.